The molecule has 0 saturated carbocycles. The highest BCUT2D eigenvalue weighted by Gasteiger charge is 2.26. The summed E-state index contributed by atoms with van der Waals surface area (Å²) >= 11 is 0. The summed E-state index contributed by atoms with van der Waals surface area (Å²) in [6.07, 6.45) is 0. The summed E-state index contributed by atoms with van der Waals surface area (Å²) in [5, 5.41) is 14.6. The Labute approximate surface area is 106 Å². The summed E-state index contributed by atoms with van der Waals surface area (Å²) in [6.45, 7) is 6.20. The number of benzene rings is 1. The summed E-state index contributed by atoms with van der Waals surface area (Å²) in [5.41, 5.74) is 0.107. The molecule has 0 bridgehead atoms. The molecule has 18 heavy (non-hydrogen) atoms. The van der Waals surface area contributed by atoms with Gasteiger partial charge in [-0.25, -0.2) is 4.79 Å². The molecule has 0 unspecified atom stereocenters. The van der Waals surface area contributed by atoms with E-state index in [2.05, 4.69) is 10.6 Å². The number of hydrogen-bond acceptors (Lipinski definition) is 3. The minimum absolute atomic E-state index is 0.160. The maximum atomic E-state index is 12.0. The molecule has 0 atom stereocenters. The first-order valence-electron chi connectivity index (χ1n) is 5.76. The monoisotopic (exact) mass is 250 g/mol. The van der Waals surface area contributed by atoms with E-state index in [-0.39, 0.29) is 11.5 Å². The third-order valence-electron chi connectivity index (χ3n) is 2.58. The highest BCUT2D eigenvalue weighted by molar-refractivity contribution is 5.98. The SMILES string of the molecule is CCNC(C)(C)C(=O)Nc1ccc(C(=O)O)cc1. The first kappa shape index (κ1) is 14.2. The molecule has 0 heterocycles. The van der Waals surface area contributed by atoms with Gasteiger partial charge in [0.05, 0.1) is 11.1 Å². The maximum Gasteiger partial charge on any atom is 0.335 e. The van der Waals surface area contributed by atoms with Crippen LogP contribution in [0, 0.1) is 0 Å². The summed E-state index contributed by atoms with van der Waals surface area (Å²) in [6, 6.07) is 6.06. The zero-order valence-electron chi connectivity index (χ0n) is 10.8. The van der Waals surface area contributed by atoms with Crippen molar-refractivity contribution >= 4 is 17.6 Å². The van der Waals surface area contributed by atoms with Crippen LogP contribution < -0.4 is 10.6 Å². The molecule has 3 N–H and O–H groups in total. The summed E-state index contributed by atoms with van der Waals surface area (Å²) in [7, 11) is 0. The minimum atomic E-state index is -0.985. The second kappa shape index (κ2) is 5.64. The van der Waals surface area contributed by atoms with E-state index in [1.807, 2.05) is 6.92 Å². The zero-order valence-corrected chi connectivity index (χ0v) is 10.8. The number of nitrogens with one attached hydrogen (secondary N) is 2. The molecule has 0 fully saturated rings. The van der Waals surface area contributed by atoms with Gasteiger partial charge in [0.1, 0.15) is 0 Å². The number of carbonyl (C=O) groups excluding carboxylic acids is 1. The van der Waals surface area contributed by atoms with Crippen LogP contribution in [0.5, 0.6) is 0 Å². The predicted molar refractivity (Wildman–Crippen MR) is 69.8 cm³/mol. The van der Waals surface area contributed by atoms with Crippen LogP contribution in [0.3, 0.4) is 0 Å². The van der Waals surface area contributed by atoms with Gasteiger partial charge in [-0.2, -0.15) is 0 Å². The van der Waals surface area contributed by atoms with E-state index in [0.717, 1.165) is 0 Å². The molecule has 98 valence electrons. The normalized spacial score (nSPS) is 11.1. The fourth-order valence-corrected chi connectivity index (χ4v) is 1.51. The zero-order chi connectivity index (χ0) is 13.8. The minimum Gasteiger partial charge on any atom is -0.478 e. The van der Waals surface area contributed by atoms with Gasteiger partial charge in [-0.15, -0.1) is 0 Å². The Morgan fingerprint density at radius 1 is 1.22 bits per heavy atom. The van der Waals surface area contributed by atoms with Crippen LogP contribution in [0.25, 0.3) is 0 Å². The van der Waals surface area contributed by atoms with Crippen LogP contribution >= 0.6 is 0 Å². The van der Waals surface area contributed by atoms with E-state index < -0.39 is 11.5 Å². The largest absolute Gasteiger partial charge is 0.478 e. The molecule has 1 rings (SSSR count). The lowest BCUT2D eigenvalue weighted by atomic mass is 10.0. The molecule has 0 aromatic heterocycles. The molecule has 0 spiro atoms. The van der Waals surface area contributed by atoms with Crippen LogP contribution in [-0.2, 0) is 4.79 Å². The molecule has 0 aliphatic rings. The van der Waals surface area contributed by atoms with Gasteiger partial charge >= 0.3 is 5.97 Å². The Bertz CT molecular complexity index is 438. The predicted octanol–water partition coefficient (Wildman–Crippen LogP) is 1.71. The second-order valence-corrected chi connectivity index (χ2v) is 4.49. The number of amides is 1. The van der Waals surface area contributed by atoms with Crippen molar-refractivity contribution in [2.45, 2.75) is 26.3 Å². The van der Waals surface area contributed by atoms with Crippen LogP contribution in [0.2, 0.25) is 0 Å². The molecular formula is C13H18N2O3. The number of carbonyl (C=O) groups is 2. The van der Waals surface area contributed by atoms with Gasteiger partial charge in [0.25, 0.3) is 0 Å². The van der Waals surface area contributed by atoms with Gasteiger partial charge in [-0.05, 0) is 44.7 Å². The van der Waals surface area contributed by atoms with Gasteiger partial charge in [-0.3, -0.25) is 4.79 Å². The van der Waals surface area contributed by atoms with Crippen LogP contribution in [0.15, 0.2) is 24.3 Å². The van der Waals surface area contributed by atoms with E-state index in [4.69, 9.17) is 5.11 Å². The first-order valence-corrected chi connectivity index (χ1v) is 5.76. The van der Waals surface area contributed by atoms with Crippen molar-refractivity contribution in [2.75, 3.05) is 11.9 Å². The molecule has 0 radical (unpaired) electrons. The van der Waals surface area contributed by atoms with E-state index in [0.29, 0.717) is 12.2 Å². The number of anilines is 1. The highest BCUT2D eigenvalue weighted by Crippen LogP contribution is 2.12. The lowest BCUT2D eigenvalue weighted by molar-refractivity contribution is -0.121. The van der Waals surface area contributed by atoms with Gasteiger partial charge in [0.2, 0.25) is 5.91 Å². The lowest BCUT2D eigenvalue weighted by Crippen LogP contribution is -2.49. The van der Waals surface area contributed by atoms with E-state index in [9.17, 15) is 9.59 Å². The third kappa shape index (κ3) is 3.56. The lowest BCUT2D eigenvalue weighted by Gasteiger charge is -2.24. The van der Waals surface area contributed by atoms with Crippen LogP contribution in [0.4, 0.5) is 5.69 Å². The summed E-state index contributed by atoms with van der Waals surface area (Å²) in [5.74, 6) is -1.15. The molecule has 1 aromatic carbocycles. The number of carboxylic acids is 1. The molecule has 0 aliphatic heterocycles. The molecule has 0 aliphatic carbocycles. The van der Waals surface area contributed by atoms with Crippen molar-refractivity contribution in [3.05, 3.63) is 29.8 Å². The summed E-state index contributed by atoms with van der Waals surface area (Å²) < 4.78 is 0. The molecule has 0 saturated heterocycles. The van der Waals surface area contributed by atoms with E-state index in [1.165, 1.54) is 12.1 Å². The summed E-state index contributed by atoms with van der Waals surface area (Å²) in [4.78, 5) is 22.6. The molecule has 5 heteroatoms. The Morgan fingerprint density at radius 2 is 1.78 bits per heavy atom. The van der Waals surface area contributed by atoms with Crippen molar-refractivity contribution in [1.29, 1.82) is 0 Å². The fourth-order valence-electron chi connectivity index (χ4n) is 1.51. The molecule has 5 nitrogen and oxygen atoms in total. The Morgan fingerprint density at radius 3 is 2.22 bits per heavy atom. The highest BCUT2D eigenvalue weighted by atomic mass is 16.4. The molecule has 1 amide bonds. The van der Waals surface area contributed by atoms with E-state index in [1.54, 1.807) is 26.0 Å². The average Bonchev–Trinajstić information content (AvgIpc) is 2.29. The third-order valence-corrected chi connectivity index (χ3v) is 2.58. The van der Waals surface area contributed by atoms with Crippen molar-refractivity contribution in [2.24, 2.45) is 0 Å². The van der Waals surface area contributed by atoms with Crippen molar-refractivity contribution < 1.29 is 14.7 Å². The van der Waals surface area contributed by atoms with Gasteiger partial charge in [0, 0.05) is 5.69 Å². The number of aromatic carboxylic acids is 1. The number of hydrogen-bond donors (Lipinski definition) is 3. The smallest absolute Gasteiger partial charge is 0.335 e. The van der Waals surface area contributed by atoms with Gasteiger partial charge in [0.15, 0.2) is 0 Å². The topological polar surface area (TPSA) is 78.4 Å². The maximum absolute atomic E-state index is 12.0. The number of likely N-dealkylation sites (N-methyl/N-ethyl adjacent to an activating group) is 1. The van der Waals surface area contributed by atoms with E-state index >= 15 is 0 Å². The van der Waals surface area contributed by atoms with Crippen LogP contribution in [-0.4, -0.2) is 29.1 Å². The number of rotatable bonds is 5. The van der Waals surface area contributed by atoms with Crippen LogP contribution in [0.1, 0.15) is 31.1 Å². The quantitative estimate of drug-likeness (QED) is 0.743. The Kier molecular flexibility index (Phi) is 4.44. The first-order chi connectivity index (χ1) is 8.36. The Balaban J connectivity index is 2.73. The second-order valence-electron chi connectivity index (χ2n) is 4.49. The van der Waals surface area contributed by atoms with Gasteiger partial charge in [-0.1, -0.05) is 6.92 Å². The van der Waals surface area contributed by atoms with Gasteiger partial charge < -0.3 is 15.7 Å². The standard InChI is InChI=1S/C13H18N2O3/c1-4-14-13(2,3)12(18)15-10-7-5-9(6-8-10)11(16)17/h5-8,14H,4H2,1-3H3,(H,15,18)(H,16,17). The fraction of sp³-hybridized carbons (Fsp3) is 0.385. The van der Waals surface area contributed by atoms with Crippen molar-refractivity contribution in [3.8, 4) is 0 Å². The van der Waals surface area contributed by atoms with Crippen molar-refractivity contribution in [3.63, 3.8) is 0 Å². The number of carboxylic acid groups (broad SMARTS) is 1. The average molecular weight is 250 g/mol. The molecular weight excluding hydrogens is 232 g/mol. The molecule has 1 aromatic rings. The Hall–Kier alpha value is -1.88. The van der Waals surface area contributed by atoms with Crippen molar-refractivity contribution in [1.82, 2.24) is 5.32 Å².